The Hall–Kier alpha value is -3.20. The summed E-state index contributed by atoms with van der Waals surface area (Å²) in [6.07, 6.45) is 0. The van der Waals surface area contributed by atoms with Gasteiger partial charge < -0.3 is 0 Å². The van der Waals surface area contributed by atoms with E-state index in [1.165, 1.54) is 43.2 Å². The van der Waals surface area contributed by atoms with E-state index in [4.69, 9.17) is 0 Å². The molecule has 0 heterocycles. The molecule has 0 radical (unpaired) electrons. The van der Waals surface area contributed by atoms with Crippen LogP contribution in [-0.4, -0.2) is 0 Å². The van der Waals surface area contributed by atoms with Crippen LogP contribution in [0.5, 0.6) is 0 Å². The molecule has 5 aromatic carbocycles. The Morgan fingerprint density at radius 2 is 0.656 bits per heavy atom. The molecule has 0 nitrogen and oxygen atoms in total. The standard InChI is InChI=1S/C30H22S.H2S/c1-3-9-23(10-4-1)24-15-19-27(20-16-24)31-28-21-17-26(18-22-28)30-14-8-7-13-29(30)25-11-5-2-6-12-25;/h1-22H;1H2. The minimum absolute atomic E-state index is 0. The van der Waals surface area contributed by atoms with Crippen LogP contribution in [0.2, 0.25) is 0 Å². The maximum absolute atomic E-state index is 2.22. The second-order valence-electron chi connectivity index (χ2n) is 7.43. The molecule has 5 rings (SSSR count). The average molecular weight is 449 g/mol. The fraction of sp³-hybridized carbons (Fsp3) is 0. The Kier molecular flexibility index (Phi) is 7.16. The van der Waals surface area contributed by atoms with E-state index in [2.05, 4.69) is 133 Å². The summed E-state index contributed by atoms with van der Waals surface area (Å²) in [4.78, 5) is 2.49. The van der Waals surface area contributed by atoms with E-state index >= 15 is 0 Å². The topological polar surface area (TPSA) is 0 Å². The van der Waals surface area contributed by atoms with Crippen LogP contribution in [0.15, 0.2) is 143 Å². The van der Waals surface area contributed by atoms with Gasteiger partial charge in [0.2, 0.25) is 0 Å². The van der Waals surface area contributed by atoms with Crippen molar-refractivity contribution < 1.29 is 0 Å². The summed E-state index contributed by atoms with van der Waals surface area (Å²) in [5.41, 5.74) is 7.51. The molecule has 2 heteroatoms. The monoisotopic (exact) mass is 448 g/mol. The first-order valence-corrected chi connectivity index (χ1v) is 11.3. The Balaban J connectivity index is 0.00000245. The SMILES string of the molecule is S.c1ccc(-c2ccc(Sc3ccc(-c4ccccc4-c4ccccc4)cc3)cc2)cc1. The van der Waals surface area contributed by atoms with Crippen molar-refractivity contribution in [3.05, 3.63) is 133 Å². The summed E-state index contributed by atoms with van der Waals surface area (Å²) < 4.78 is 0. The van der Waals surface area contributed by atoms with Crippen molar-refractivity contribution in [2.45, 2.75) is 9.79 Å². The molecule has 0 unspecified atom stereocenters. The second-order valence-corrected chi connectivity index (χ2v) is 8.58. The molecule has 0 atom stereocenters. The lowest BCUT2D eigenvalue weighted by Crippen LogP contribution is -1.85. The van der Waals surface area contributed by atoms with Crippen molar-refractivity contribution in [1.29, 1.82) is 0 Å². The molecule has 0 fully saturated rings. The molecule has 0 amide bonds. The van der Waals surface area contributed by atoms with E-state index < -0.39 is 0 Å². The highest BCUT2D eigenvalue weighted by atomic mass is 32.2. The Labute approximate surface area is 201 Å². The van der Waals surface area contributed by atoms with Gasteiger partial charge in [0.05, 0.1) is 0 Å². The zero-order valence-electron chi connectivity index (χ0n) is 17.6. The second kappa shape index (κ2) is 10.4. The summed E-state index contributed by atoms with van der Waals surface area (Å²) >= 11 is 1.80. The van der Waals surface area contributed by atoms with Crippen molar-refractivity contribution >= 4 is 25.3 Å². The van der Waals surface area contributed by atoms with Gasteiger partial charge in [-0.15, -0.1) is 0 Å². The van der Waals surface area contributed by atoms with E-state index in [-0.39, 0.29) is 13.5 Å². The molecule has 156 valence electrons. The summed E-state index contributed by atoms with van der Waals surface area (Å²) in [7, 11) is 0. The highest BCUT2D eigenvalue weighted by molar-refractivity contribution is 7.99. The van der Waals surface area contributed by atoms with Gasteiger partial charge in [-0.05, 0) is 57.6 Å². The maximum Gasteiger partial charge on any atom is 0.0122 e. The molecule has 5 aromatic rings. The van der Waals surface area contributed by atoms with Crippen molar-refractivity contribution in [3.8, 4) is 33.4 Å². The predicted molar refractivity (Wildman–Crippen MR) is 144 cm³/mol. The van der Waals surface area contributed by atoms with Gasteiger partial charge in [0, 0.05) is 9.79 Å². The van der Waals surface area contributed by atoms with Gasteiger partial charge in [-0.25, -0.2) is 0 Å². The van der Waals surface area contributed by atoms with E-state index in [0.717, 1.165) is 0 Å². The van der Waals surface area contributed by atoms with Crippen LogP contribution >= 0.6 is 25.3 Å². The van der Waals surface area contributed by atoms with Gasteiger partial charge in [-0.3, -0.25) is 0 Å². The van der Waals surface area contributed by atoms with Crippen molar-refractivity contribution in [2.75, 3.05) is 0 Å². The molecular weight excluding hydrogens is 424 g/mol. The molecule has 0 aliphatic heterocycles. The van der Waals surface area contributed by atoms with Gasteiger partial charge >= 0.3 is 0 Å². The molecular formula is C30H24S2. The normalized spacial score (nSPS) is 10.4. The van der Waals surface area contributed by atoms with Crippen LogP contribution in [0.3, 0.4) is 0 Å². The maximum atomic E-state index is 2.22. The van der Waals surface area contributed by atoms with Gasteiger partial charge in [-0.2, -0.15) is 13.5 Å². The first kappa shape index (κ1) is 22.0. The number of hydrogen-bond donors (Lipinski definition) is 0. The van der Waals surface area contributed by atoms with Crippen LogP contribution < -0.4 is 0 Å². The Morgan fingerprint density at radius 3 is 1.16 bits per heavy atom. The third-order valence-corrected chi connectivity index (χ3v) is 6.39. The smallest absolute Gasteiger partial charge is 0.0122 e. The third kappa shape index (κ3) is 4.99. The third-order valence-electron chi connectivity index (χ3n) is 5.37. The fourth-order valence-electron chi connectivity index (χ4n) is 3.79. The van der Waals surface area contributed by atoms with Crippen molar-refractivity contribution in [2.24, 2.45) is 0 Å². The van der Waals surface area contributed by atoms with Crippen LogP contribution in [0.4, 0.5) is 0 Å². The minimum atomic E-state index is 0. The first-order valence-electron chi connectivity index (χ1n) is 10.4. The van der Waals surface area contributed by atoms with Crippen LogP contribution in [0.1, 0.15) is 0 Å². The largest absolute Gasteiger partial charge is 0.197 e. The summed E-state index contributed by atoms with van der Waals surface area (Å²) in [6.45, 7) is 0. The molecule has 0 N–H and O–H groups in total. The molecule has 0 saturated heterocycles. The number of benzene rings is 5. The molecule has 32 heavy (non-hydrogen) atoms. The lowest BCUT2D eigenvalue weighted by molar-refractivity contribution is 1.40. The zero-order chi connectivity index (χ0) is 20.9. The van der Waals surface area contributed by atoms with Gasteiger partial charge in [-0.1, -0.05) is 121 Å². The molecule has 0 bridgehead atoms. The van der Waals surface area contributed by atoms with E-state index in [9.17, 15) is 0 Å². The number of hydrogen-bond acceptors (Lipinski definition) is 1. The van der Waals surface area contributed by atoms with Crippen LogP contribution in [0.25, 0.3) is 33.4 Å². The molecule has 0 saturated carbocycles. The van der Waals surface area contributed by atoms with Gasteiger partial charge in [0.1, 0.15) is 0 Å². The summed E-state index contributed by atoms with van der Waals surface area (Å²) in [6, 6.07) is 47.4. The summed E-state index contributed by atoms with van der Waals surface area (Å²) in [5, 5.41) is 0. The summed E-state index contributed by atoms with van der Waals surface area (Å²) in [5.74, 6) is 0. The highest BCUT2D eigenvalue weighted by Gasteiger charge is 2.07. The molecule has 0 aliphatic rings. The zero-order valence-corrected chi connectivity index (χ0v) is 19.4. The first-order chi connectivity index (χ1) is 15.4. The quantitative estimate of drug-likeness (QED) is 0.258. The van der Waals surface area contributed by atoms with Crippen molar-refractivity contribution in [1.82, 2.24) is 0 Å². The Bertz CT molecular complexity index is 1260. The predicted octanol–water partition coefficient (Wildman–Crippen LogP) is 8.95. The Morgan fingerprint density at radius 1 is 0.312 bits per heavy atom. The lowest BCUT2D eigenvalue weighted by Gasteiger charge is -2.11. The average Bonchev–Trinajstić information content (AvgIpc) is 2.86. The van der Waals surface area contributed by atoms with E-state index in [0.29, 0.717) is 0 Å². The fourth-order valence-corrected chi connectivity index (χ4v) is 4.61. The van der Waals surface area contributed by atoms with Crippen molar-refractivity contribution in [3.63, 3.8) is 0 Å². The van der Waals surface area contributed by atoms with Gasteiger partial charge in [0.25, 0.3) is 0 Å². The van der Waals surface area contributed by atoms with Gasteiger partial charge in [0.15, 0.2) is 0 Å². The lowest BCUT2D eigenvalue weighted by atomic mass is 9.95. The van der Waals surface area contributed by atoms with E-state index in [1.54, 1.807) is 11.8 Å². The minimum Gasteiger partial charge on any atom is -0.197 e. The van der Waals surface area contributed by atoms with Crippen LogP contribution in [-0.2, 0) is 0 Å². The highest BCUT2D eigenvalue weighted by Crippen LogP contribution is 2.35. The molecule has 0 aliphatic carbocycles. The molecule has 0 aromatic heterocycles. The van der Waals surface area contributed by atoms with E-state index in [1.807, 2.05) is 0 Å². The van der Waals surface area contributed by atoms with Crippen LogP contribution in [0, 0.1) is 0 Å². The number of rotatable bonds is 5. The molecule has 0 spiro atoms.